The Labute approximate surface area is 123 Å². The topological polar surface area (TPSA) is 35.2 Å². The van der Waals surface area contributed by atoms with Crippen LogP contribution in [0, 0.1) is 0 Å². The number of ether oxygens (including phenoxy) is 1. The van der Waals surface area contributed by atoms with Crippen LogP contribution in [0.5, 0.6) is 0 Å². The summed E-state index contributed by atoms with van der Waals surface area (Å²) in [6.45, 7) is 0. The fraction of sp³-hybridized carbons (Fsp3) is 0.625. The van der Waals surface area contributed by atoms with Crippen molar-refractivity contribution in [3.8, 4) is 0 Å². The molecular weight excluding hydrogens is 279 g/mol. The standard InChI is InChI=1S/C16H22F3NO/c1-21-15(8-3-2-4-9-15)14(20)11-12-6-5-7-13(10-12)16(17,18)19/h5-7,10,14H,2-4,8-9,11,20H2,1H3. The lowest BCUT2D eigenvalue weighted by Crippen LogP contribution is -2.51. The monoisotopic (exact) mass is 301 g/mol. The Balaban J connectivity index is 2.13. The van der Waals surface area contributed by atoms with Crippen LogP contribution in [0.4, 0.5) is 13.2 Å². The molecule has 2 rings (SSSR count). The van der Waals surface area contributed by atoms with Gasteiger partial charge in [0.15, 0.2) is 0 Å². The number of nitrogens with two attached hydrogens (primary N) is 1. The summed E-state index contributed by atoms with van der Waals surface area (Å²) in [5.41, 5.74) is 5.87. The zero-order chi connectivity index (χ0) is 15.5. The van der Waals surface area contributed by atoms with E-state index >= 15 is 0 Å². The highest BCUT2D eigenvalue weighted by molar-refractivity contribution is 5.26. The van der Waals surface area contributed by atoms with Crippen LogP contribution in [0.2, 0.25) is 0 Å². The van der Waals surface area contributed by atoms with E-state index in [0.29, 0.717) is 12.0 Å². The molecule has 1 aliphatic carbocycles. The van der Waals surface area contributed by atoms with Crippen LogP contribution in [-0.2, 0) is 17.3 Å². The highest BCUT2D eigenvalue weighted by Crippen LogP contribution is 2.35. The Bertz CT molecular complexity index is 467. The summed E-state index contributed by atoms with van der Waals surface area (Å²) in [5, 5.41) is 0. The number of methoxy groups -OCH3 is 1. The third kappa shape index (κ3) is 3.77. The fourth-order valence-electron chi connectivity index (χ4n) is 3.19. The predicted octanol–water partition coefficient (Wildman–Crippen LogP) is 3.92. The van der Waals surface area contributed by atoms with Gasteiger partial charge in [0.2, 0.25) is 0 Å². The Hall–Kier alpha value is -1.07. The lowest BCUT2D eigenvalue weighted by atomic mass is 9.77. The van der Waals surface area contributed by atoms with Gasteiger partial charge in [-0.1, -0.05) is 37.5 Å². The maximum absolute atomic E-state index is 12.7. The molecule has 0 aliphatic heterocycles. The molecule has 1 aromatic rings. The molecule has 0 spiro atoms. The Morgan fingerprint density at radius 3 is 2.48 bits per heavy atom. The Kier molecular flexibility index (Phi) is 4.94. The van der Waals surface area contributed by atoms with Gasteiger partial charge in [0.25, 0.3) is 0 Å². The minimum Gasteiger partial charge on any atom is -0.377 e. The number of benzene rings is 1. The first-order valence-corrected chi connectivity index (χ1v) is 7.34. The van der Waals surface area contributed by atoms with Crippen molar-refractivity contribution in [2.24, 2.45) is 5.73 Å². The van der Waals surface area contributed by atoms with Gasteiger partial charge in [-0.3, -0.25) is 0 Å². The van der Waals surface area contributed by atoms with Gasteiger partial charge in [0.05, 0.1) is 11.2 Å². The summed E-state index contributed by atoms with van der Waals surface area (Å²) in [5.74, 6) is 0. The van der Waals surface area contributed by atoms with Crippen molar-refractivity contribution in [1.82, 2.24) is 0 Å². The molecule has 1 atom stereocenters. The fourth-order valence-corrected chi connectivity index (χ4v) is 3.19. The van der Waals surface area contributed by atoms with Crippen LogP contribution in [0.1, 0.15) is 43.2 Å². The van der Waals surface area contributed by atoms with Gasteiger partial charge in [-0.05, 0) is 30.9 Å². The molecule has 118 valence electrons. The predicted molar refractivity (Wildman–Crippen MR) is 75.9 cm³/mol. The normalized spacial score (nSPS) is 20.2. The average Bonchev–Trinajstić information content (AvgIpc) is 2.47. The van der Waals surface area contributed by atoms with Crippen LogP contribution < -0.4 is 5.73 Å². The number of halogens is 3. The first kappa shape index (κ1) is 16.3. The Morgan fingerprint density at radius 2 is 1.90 bits per heavy atom. The molecule has 1 unspecified atom stereocenters. The van der Waals surface area contributed by atoms with Crippen LogP contribution in [-0.4, -0.2) is 18.8 Å². The maximum Gasteiger partial charge on any atom is 0.416 e. The van der Waals surface area contributed by atoms with E-state index in [-0.39, 0.29) is 6.04 Å². The molecule has 0 aromatic heterocycles. The molecule has 5 heteroatoms. The van der Waals surface area contributed by atoms with E-state index < -0.39 is 17.3 Å². The lowest BCUT2D eigenvalue weighted by Gasteiger charge is -2.41. The maximum atomic E-state index is 12.7. The van der Waals surface area contributed by atoms with E-state index in [1.807, 2.05) is 0 Å². The van der Waals surface area contributed by atoms with Gasteiger partial charge in [-0.15, -0.1) is 0 Å². The zero-order valence-electron chi connectivity index (χ0n) is 12.2. The smallest absolute Gasteiger partial charge is 0.377 e. The van der Waals surface area contributed by atoms with Crippen LogP contribution in [0.25, 0.3) is 0 Å². The van der Waals surface area contributed by atoms with Crippen molar-refractivity contribution in [2.75, 3.05) is 7.11 Å². The minimum atomic E-state index is -4.32. The van der Waals surface area contributed by atoms with Gasteiger partial charge < -0.3 is 10.5 Å². The summed E-state index contributed by atoms with van der Waals surface area (Å²) in [7, 11) is 1.65. The van der Waals surface area contributed by atoms with E-state index in [1.54, 1.807) is 13.2 Å². The van der Waals surface area contributed by atoms with E-state index in [9.17, 15) is 13.2 Å². The number of alkyl halides is 3. The largest absolute Gasteiger partial charge is 0.416 e. The summed E-state index contributed by atoms with van der Waals surface area (Å²) in [6, 6.07) is 5.12. The molecule has 0 heterocycles. The summed E-state index contributed by atoms with van der Waals surface area (Å²) in [6.07, 6.45) is 1.13. The molecule has 1 saturated carbocycles. The van der Waals surface area contributed by atoms with Crippen molar-refractivity contribution in [3.05, 3.63) is 35.4 Å². The van der Waals surface area contributed by atoms with Crippen LogP contribution in [0.3, 0.4) is 0 Å². The lowest BCUT2D eigenvalue weighted by molar-refractivity contribution is -0.137. The molecule has 0 saturated heterocycles. The molecule has 2 N–H and O–H groups in total. The van der Waals surface area contributed by atoms with Crippen molar-refractivity contribution < 1.29 is 17.9 Å². The third-order valence-corrected chi connectivity index (χ3v) is 4.49. The van der Waals surface area contributed by atoms with E-state index in [4.69, 9.17) is 10.5 Å². The molecule has 1 aromatic carbocycles. The molecule has 21 heavy (non-hydrogen) atoms. The second-order valence-corrected chi connectivity index (χ2v) is 5.84. The van der Waals surface area contributed by atoms with Gasteiger partial charge in [-0.25, -0.2) is 0 Å². The Morgan fingerprint density at radius 1 is 1.24 bits per heavy atom. The SMILES string of the molecule is COC1(C(N)Cc2cccc(C(F)(F)F)c2)CCCCC1. The number of hydrogen-bond acceptors (Lipinski definition) is 2. The number of hydrogen-bond donors (Lipinski definition) is 1. The van der Waals surface area contributed by atoms with E-state index in [0.717, 1.165) is 31.7 Å². The van der Waals surface area contributed by atoms with Gasteiger partial charge in [0, 0.05) is 13.2 Å². The zero-order valence-corrected chi connectivity index (χ0v) is 12.2. The van der Waals surface area contributed by atoms with Crippen molar-refractivity contribution in [2.45, 2.75) is 56.3 Å². The minimum absolute atomic E-state index is 0.286. The van der Waals surface area contributed by atoms with Crippen LogP contribution >= 0.6 is 0 Å². The average molecular weight is 301 g/mol. The van der Waals surface area contributed by atoms with Crippen molar-refractivity contribution >= 4 is 0 Å². The third-order valence-electron chi connectivity index (χ3n) is 4.49. The second-order valence-electron chi connectivity index (χ2n) is 5.84. The molecule has 0 radical (unpaired) electrons. The quantitative estimate of drug-likeness (QED) is 0.914. The van der Waals surface area contributed by atoms with Crippen molar-refractivity contribution in [1.29, 1.82) is 0 Å². The first-order chi connectivity index (χ1) is 9.87. The molecule has 1 aliphatic rings. The summed E-state index contributed by atoms with van der Waals surface area (Å²) < 4.78 is 43.9. The molecule has 1 fully saturated rings. The molecule has 2 nitrogen and oxygen atoms in total. The van der Waals surface area contributed by atoms with Crippen LogP contribution in [0.15, 0.2) is 24.3 Å². The van der Waals surface area contributed by atoms with Gasteiger partial charge in [0.1, 0.15) is 0 Å². The summed E-state index contributed by atoms with van der Waals surface area (Å²) in [4.78, 5) is 0. The highest BCUT2D eigenvalue weighted by atomic mass is 19.4. The molecule has 0 bridgehead atoms. The molecular formula is C16H22F3NO. The van der Waals surface area contributed by atoms with Crippen molar-refractivity contribution in [3.63, 3.8) is 0 Å². The highest BCUT2D eigenvalue weighted by Gasteiger charge is 2.38. The summed E-state index contributed by atoms with van der Waals surface area (Å²) >= 11 is 0. The van der Waals surface area contributed by atoms with Gasteiger partial charge in [-0.2, -0.15) is 13.2 Å². The number of rotatable bonds is 4. The van der Waals surface area contributed by atoms with Gasteiger partial charge >= 0.3 is 6.18 Å². The van der Waals surface area contributed by atoms with E-state index in [1.165, 1.54) is 18.6 Å². The van der Waals surface area contributed by atoms with E-state index in [2.05, 4.69) is 0 Å². The second kappa shape index (κ2) is 6.36. The molecule has 0 amide bonds. The first-order valence-electron chi connectivity index (χ1n) is 7.34.